The monoisotopic (exact) mass is 613 g/mol. The molecule has 48 heavy (non-hydrogen) atoms. The van der Waals surface area contributed by atoms with Crippen molar-refractivity contribution in [3.63, 3.8) is 0 Å². The Labute approximate surface area is 282 Å². The molecule has 0 fully saturated rings. The maximum absolute atomic E-state index is 2.42. The second-order valence-electron chi connectivity index (χ2n) is 13.5. The van der Waals surface area contributed by atoms with Crippen LogP contribution in [-0.4, -0.2) is 0 Å². The molecular weight excluding hydrogens is 579 g/mol. The molecule has 0 saturated carbocycles. The summed E-state index contributed by atoms with van der Waals surface area (Å²) in [7, 11) is 0. The van der Waals surface area contributed by atoms with Crippen molar-refractivity contribution in [2.75, 3.05) is 4.90 Å². The van der Waals surface area contributed by atoms with Crippen LogP contribution < -0.4 is 4.90 Å². The third-order valence-electron chi connectivity index (χ3n) is 10.2. The van der Waals surface area contributed by atoms with E-state index in [1.807, 2.05) is 0 Å². The molecule has 0 unspecified atom stereocenters. The van der Waals surface area contributed by atoms with Crippen molar-refractivity contribution in [2.24, 2.45) is 0 Å². The first kappa shape index (κ1) is 28.3. The summed E-state index contributed by atoms with van der Waals surface area (Å²) in [6, 6.07) is 64.5. The van der Waals surface area contributed by atoms with Crippen LogP contribution in [0, 0.1) is 0 Å². The molecule has 0 radical (unpaired) electrons. The molecule has 0 bridgehead atoms. The summed E-state index contributed by atoms with van der Waals surface area (Å²) in [6.45, 7) is 4.75. The zero-order valence-electron chi connectivity index (χ0n) is 27.2. The lowest BCUT2D eigenvalue weighted by Gasteiger charge is -2.28. The molecular formula is C47H35N. The molecule has 9 rings (SSSR count). The van der Waals surface area contributed by atoms with E-state index in [1.165, 1.54) is 66.1 Å². The van der Waals surface area contributed by atoms with Crippen LogP contribution >= 0.6 is 0 Å². The molecule has 0 aromatic heterocycles. The highest BCUT2D eigenvalue weighted by Crippen LogP contribution is 2.51. The summed E-state index contributed by atoms with van der Waals surface area (Å²) in [4.78, 5) is 2.41. The van der Waals surface area contributed by atoms with Crippen molar-refractivity contribution < 1.29 is 0 Å². The van der Waals surface area contributed by atoms with Crippen molar-refractivity contribution in [3.05, 3.63) is 187 Å². The number of hydrogen-bond acceptors (Lipinski definition) is 1. The third-order valence-corrected chi connectivity index (χ3v) is 10.2. The standard InChI is InChI=1S/C47H35N/c1-47(2)45-30-39(36-18-16-35(17-19-36)32-10-4-3-5-11-32)22-26-43(45)44-27-25-42(31-46(44)47)48(40-23-20-33-12-6-8-14-37(33)28-40)41-24-21-34-13-7-9-15-38(34)29-41/h3-31H,1-2H3. The number of hydrogen-bond donors (Lipinski definition) is 0. The average molecular weight is 614 g/mol. The van der Waals surface area contributed by atoms with Crippen LogP contribution in [0.2, 0.25) is 0 Å². The summed E-state index contributed by atoms with van der Waals surface area (Å²) < 4.78 is 0. The van der Waals surface area contributed by atoms with Crippen LogP contribution in [0.1, 0.15) is 25.0 Å². The normalized spacial score (nSPS) is 13.0. The Hall–Kier alpha value is -5.92. The van der Waals surface area contributed by atoms with Crippen LogP contribution in [-0.2, 0) is 5.41 Å². The Morgan fingerprint density at radius 2 is 0.750 bits per heavy atom. The number of benzene rings is 8. The quantitative estimate of drug-likeness (QED) is 0.187. The zero-order valence-corrected chi connectivity index (χ0v) is 27.2. The minimum atomic E-state index is -0.154. The molecule has 0 aliphatic heterocycles. The molecule has 1 aliphatic carbocycles. The molecule has 0 atom stereocenters. The number of rotatable bonds is 5. The van der Waals surface area contributed by atoms with Crippen molar-refractivity contribution in [1.82, 2.24) is 0 Å². The van der Waals surface area contributed by atoms with Crippen LogP contribution in [0.25, 0.3) is 54.9 Å². The predicted molar refractivity (Wildman–Crippen MR) is 205 cm³/mol. The lowest BCUT2D eigenvalue weighted by atomic mass is 9.81. The molecule has 1 nitrogen and oxygen atoms in total. The lowest BCUT2D eigenvalue weighted by molar-refractivity contribution is 0.660. The van der Waals surface area contributed by atoms with Crippen molar-refractivity contribution in [3.8, 4) is 33.4 Å². The molecule has 1 aliphatic rings. The van der Waals surface area contributed by atoms with E-state index in [-0.39, 0.29) is 5.41 Å². The summed E-state index contributed by atoms with van der Waals surface area (Å²) in [5.41, 5.74) is 13.7. The predicted octanol–water partition coefficient (Wildman–Crippen LogP) is 13.1. The minimum Gasteiger partial charge on any atom is -0.310 e. The van der Waals surface area contributed by atoms with E-state index in [0.717, 1.165) is 17.1 Å². The van der Waals surface area contributed by atoms with Crippen LogP contribution in [0.3, 0.4) is 0 Å². The Morgan fingerprint density at radius 1 is 0.333 bits per heavy atom. The van der Waals surface area contributed by atoms with E-state index < -0.39 is 0 Å². The van der Waals surface area contributed by atoms with E-state index in [2.05, 4.69) is 195 Å². The zero-order chi connectivity index (χ0) is 32.2. The lowest BCUT2D eigenvalue weighted by Crippen LogP contribution is -2.16. The molecule has 8 aromatic carbocycles. The van der Waals surface area contributed by atoms with Crippen molar-refractivity contribution >= 4 is 38.6 Å². The molecule has 0 spiro atoms. The SMILES string of the molecule is CC1(C)c2cc(-c3ccc(-c4ccccc4)cc3)ccc2-c2ccc(N(c3ccc4ccccc4c3)c3ccc4ccccc4c3)cc21. The van der Waals surface area contributed by atoms with Gasteiger partial charge >= 0.3 is 0 Å². The van der Waals surface area contributed by atoms with Gasteiger partial charge in [-0.3, -0.25) is 0 Å². The summed E-state index contributed by atoms with van der Waals surface area (Å²) in [5.74, 6) is 0. The van der Waals surface area contributed by atoms with Crippen LogP contribution in [0.5, 0.6) is 0 Å². The largest absolute Gasteiger partial charge is 0.310 e. The fourth-order valence-corrected chi connectivity index (χ4v) is 7.61. The van der Waals surface area contributed by atoms with Gasteiger partial charge in [0.2, 0.25) is 0 Å². The third kappa shape index (κ3) is 4.70. The van der Waals surface area contributed by atoms with Gasteiger partial charge in [0.1, 0.15) is 0 Å². The van der Waals surface area contributed by atoms with Gasteiger partial charge < -0.3 is 4.90 Å². The van der Waals surface area contributed by atoms with Gasteiger partial charge in [-0.2, -0.15) is 0 Å². The first-order valence-corrected chi connectivity index (χ1v) is 16.8. The number of nitrogens with zero attached hydrogens (tertiary/aromatic N) is 1. The molecule has 0 heterocycles. The highest BCUT2D eigenvalue weighted by atomic mass is 15.1. The van der Waals surface area contributed by atoms with Gasteiger partial charge in [-0.05, 0) is 109 Å². The van der Waals surface area contributed by atoms with E-state index >= 15 is 0 Å². The second-order valence-corrected chi connectivity index (χ2v) is 13.5. The summed E-state index contributed by atoms with van der Waals surface area (Å²) >= 11 is 0. The Morgan fingerprint density at radius 3 is 1.35 bits per heavy atom. The fourth-order valence-electron chi connectivity index (χ4n) is 7.61. The van der Waals surface area contributed by atoms with Crippen molar-refractivity contribution in [1.29, 1.82) is 0 Å². The van der Waals surface area contributed by atoms with E-state index in [1.54, 1.807) is 0 Å². The first-order valence-electron chi connectivity index (χ1n) is 16.8. The van der Waals surface area contributed by atoms with Gasteiger partial charge in [0.15, 0.2) is 0 Å². The first-order chi connectivity index (χ1) is 23.5. The van der Waals surface area contributed by atoms with Gasteiger partial charge in [-0.15, -0.1) is 0 Å². The van der Waals surface area contributed by atoms with E-state index in [4.69, 9.17) is 0 Å². The minimum absolute atomic E-state index is 0.154. The van der Waals surface area contributed by atoms with Crippen molar-refractivity contribution in [2.45, 2.75) is 19.3 Å². The molecule has 228 valence electrons. The van der Waals surface area contributed by atoms with Gasteiger partial charge in [0, 0.05) is 22.5 Å². The smallest absolute Gasteiger partial charge is 0.0468 e. The Kier molecular flexibility index (Phi) is 6.55. The van der Waals surface area contributed by atoms with Crippen LogP contribution in [0.15, 0.2) is 176 Å². The summed E-state index contributed by atoms with van der Waals surface area (Å²) in [5, 5.41) is 4.96. The molecule has 0 N–H and O–H groups in total. The average Bonchev–Trinajstić information content (AvgIpc) is 3.37. The maximum atomic E-state index is 2.42. The van der Waals surface area contributed by atoms with E-state index in [0.29, 0.717) is 0 Å². The van der Waals surface area contributed by atoms with Gasteiger partial charge in [-0.25, -0.2) is 0 Å². The van der Waals surface area contributed by atoms with Gasteiger partial charge in [0.05, 0.1) is 0 Å². The highest BCUT2D eigenvalue weighted by Gasteiger charge is 2.36. The molecule has 1 heteroatoms. The van der Waals surface area contributed by atoms with E-state index in [9.17, 15) is 0 Å². The van der Waals surface area contributed by atoms with Crippen LogP contribution in [0.4, 0.5) is 17.1 Å². The Bertz CT molecular complexity index is 2390. The molecule has 0 saturated heterocycles. The topological polar surface area (TPSA) is 3.24 Å². The molecule has 0 amide bonds. The highest BCUT2D eigenvalue weighted by molar-refractivity contribution is 5.94. The summed E-state index contributed by atoms with van der Waals surface area (Å²) in [6.07, 6.45) is 0. The second kappa shape index (κ2) is 11.1. The molecule has 8 aromatic rings. The Balaban J connectivity index is 1.13. The van der Waals surface area contributed by atoms with Gasteiger partial charge in [-0.1, -0.05) is 147 Å². The number of fused-ring (bicyclic) bond motifs is 5. The van der Waals surface area contributed by atoms with Gasteiger partial charge in [0.25, 0.3) is 0 Å². The number of anilines is 3. The maximum Gasteiger partial charge on any atom is 0.0468 e. The fraction of sp³-hybridized carbons (Fsp3) is 0.0638.